The van der Waals surface area contributed by atoms with E-state index in [4.69, 9.17) is 0 Å². The van der Waals surface area contributed by atoms with Crippen LogP contribution in [0.15, 0.2) is 47.6 Å². The fourth-order valence-electron chi connectivity index (χ4n) is 2.15. The van der Waals surface area contributed by atoms with Gasteiger partial charge in [0.05, 0.1) is 6.21 Å². The lowest BCUT2D eigenvalue weighted by Gasteiger charge is -2.17. The van der Waals surface area contributed by atoms with Gasteiger partial charge in [0, 0.05) is 5.69 Å². The Kier molecular flexibility index (Phi) is 5.36. The number of rotatable bonds is 5. The number of nitrogens with zero attached hydrogens (tertiary/aromatic N) is 1. The molecule has 1 unspecified atom stereocenters. The Bertz CT molecular complexity index is 688. The average molecular weight is 311 g/mol. The molecule has 0 heterocycles. The second-order valence-electron chi connectivity index (χ2n) is 5.46. The van der Waals surface area contributed by atoms with Crippen LogP contribution in [0.4, 0.5) is 5.69 Å². The lowest BCUT2D eigenvalue weighted by atomic mass is 10.1. The van der Waals surface area contributed by atoms with Crippen LogP contribution in [0.5, 0.6) is 5.75 Å². The van der Waals surface area contributed by atoms with Crippen LogP contribution in [0.25, 0.3) is 0 Å². The predicted molar refractivity (Wildman–Crippen MR) is 92.8 cm³/mol. The number of hydrazone groups is 1. The Morgan fingerprint density at radius 1 is 1.13 bits per heavy atom. The molecule has 2 aromatic carbocycles. The number of anilines is 1. The van der Waals surface area contributed by atoms with E-state index in [9.17, 15) is 9.90 Å². The molecular formula is C18H21N3O2. The molecule has 0 spiro atoms. The van der Waals surface area contributed by atoms with Crippen LogP contribution in [0.1, 0.15) is 23.6 Å². The first-order chi connectivity index (χ1) is 11.0. The van der Waals surface area contributed by atoms with E-state index < -0.39 is 6.04 Å². The van der Waals surface area contributed by atoms with E-state index in [1.165, 1.54) is 6.21 Å². The normalized spacial score (nSPS) is 12.1. The second kappa shape index (κ2) is 7.45. The highest BCUT2D eigenvalue weighted by atomic mass is 16.3. The van der Waals surface area contributed by atoms with Gasteiger partial charge in [-0.25, -0.2) is 5.43 Å². The minimum absolute atomic E-state index is 0.192. The van der Waals surface area contributed by atoms with Crippen molar-refractivity contribution >= 4 is 17.8 Å². The number of aromatic hydroxyl groups is 1. The van der Waals surface area contributed by atoms with Crippen LogP contribution < -0.4 is 10.7 Å². The molecule has 0 radical (unpaired) electrons. The highest BCUT2D eigenvalue weighted by molar-refractivity contribution is 5.86. The van der Waals surface area contributed by atoms with Crippen molar-refractivity contribution in [3.8, 4) is 5.75 Å². The lowest BCUT2D eigenvalue weighted by molar-refractivity contribution is -0.121. The number of phenols is 1. The maximum Gasteiger partial charge on any atom is 0.262 e. The molecule has 0 fully saturated rings. The number of nitrogens with one attached hydrogen (secondary N) is 2. The number of phenolic OH excluding ortho intramolecular Hbond substituents is 1. The number of hydrogen-bond donors (Lipinski definition) is 3. The molecule has 1 atom stereocenters. The standard InChI is InChI=1S/C18H21N3O2/c1-12-5-4-6-13(2)17(12)20-14(3)18(23)21-19-11-15-7-9-16(22)10-8-15/h4-11,14,20,22H,1-3H3,(H,21,23). The lowest BCUT2D eigenvalue weighted by Crippen LogP contribution is -2.35. The van der Waals surface area contributed by atoms with Gasteiger partial charge in [-0.3, -0.25) is 4.79 Å². The van der Waals surface area contributed by atoms with Crippen molar-refractivity contribution in [1.82, 2.24) is 5.43 Å². The van der Waals surface area contributed by atoms with Gasteiger partial charge < -0.3 is 10.4 Å². The summed E-state index contributed by atoms with van der Waals surface area (Å²) in [4.78, 5) is 12.1. The molecule has 0 bridgehead atoms. The smallest absolute Gasteiger partial charge is 0.262 e. The Morgan fingerprint density at radius 3 is 2.35 bits per heavy atom. The Labute approximate surface area is 136 Å². The zero-order chi connectivity index (χ0) is 16.8. The maximum atomic E-state index is 12.1. The van der Waals surface area contributed by atoms with Crippen molar-refractivity contribution in [2.45, 2.75) is 26.8 Å². The second-order valence-corrected chi connectivity index (χ2v) is 5.46. The summed E-state index contributed by atoms with van der Waals surface area (Å²) in [7, 11) is 0. The topological polar surface area (TPSA) is 73.7 Å². The van der Waals surface area contributed by atoms with Crippen molar-refractivity contribution in [1.29, 1.82) is 0 Å². The Balaban J connectivity index is 1.94. The third-order valence-corrected chi connectivity index (χ3v) is 3.52. The number of amides is 1. The summed E-state index contributed by atoms with van der Waals surface area (Å²) in [6, 6.07) is 12.1. The number of benzene rings is 2. The van der Waals surface area contributed by atoms with E-state index in [1.807, 2.05) is 32.0 Å². The van der Waals surface area contributed by atoms with E-state index in [-0.39, 0.29) is 11.7 Å². The summed E-state index contributed by atoms with van der Waals surface area (Å²) in [6.07, 6.45) is 1.53. The fraction of sp³-hybridized carbons (Fsp3) is 0.222. The molecule has 0 aliphatic carbocycles. The van der Waals surface area contributed by atoms with Gasteiger partial charge in [-0.1, -0.05) is 18.2 Å². The monoisotopic (exact) mass is 311 g/mol. The van der Waals surface area contributed by atoms with Gasteiger partial charge in [0.15, 0.2) is 0 Å². The third-order valence-electron chi connectivity index (χ3n) is 3.52. The van der Waals surface area contributed by atoms with Crippen LogP contribution in [0.3, 0.4) is 0 Å². The molecule has 3 N–H and O–H groups in total. The quantitative estimate of drug-likeness (QED) is 0.587. The van der Waals surface area contributed by atoms with E-state index in [0.717, 1.165) is 22.4 Å². The number of carbonyl (C=O) groups is 1. The van der Waals surface area contributed by atoms with Gasteiger partial charge in [0.1, 0.15) is 11.8 Å². The average Bonchev–Trinajstić information content (AvgIpc) is 2.52. The number of para-hydroxylation sites is 1. The van der Waals surface area contributed by atoms with Crippen LogP contribution in [0, 0.1) is 13.8 Å². The molecule has 0 aromatic heterocycles. The summed E-state index contributed by atoms with van der Waals surface area (Å²) < 4.78 is 0. The van der Waals surface area contributed by atoms with Crippen molar-refractivity contribution in [3.05, 3.63) is 59.2 Å². The minimum atomic E-state index is -0.410. The van der Waals surface area contributed by atoms with E-state index >= 15 is 0 Å². The van der Waals surface area contributed by atoms with Crippen LogP contribution in [-0.4, -0.2) is 23.3 Å². The van der Waals surface area contributed by atoms with Gasteiger partial charge in [-0.15, -0.1) is 0 Å². The molecule has 5 nitrogen and oxygen atoms in total. The van der Waals surface area contributed by atoms with Crippen LogP contribution >= 0.6 is 0 Å². The molecule has 0 aliphatic heterocycles. The third kappa shape index (κ3) is 4.57. The largest absolute Gasteiger partial charge is 0.508 e. The summed E-state index contributed by atoms with van der Waals surface area (Å²) in [6.45, 7) is 5.79. The molecule has 0 saturated heterocycles. The van der Waals surface area contributed by atoms with Crippen LogP contribution in [-0.2, 0) is 4.79 Å². The van der Waals surface area contributed by atoms with Crippen molar-refractivity contribution in [3.63, 3.8) is 0 Å². The van der Waals surface area contributed by atoms with E-state index in [1.54, 1.807) is 31.2 Å². The van der Waals surface area contributed by atoms with Gasteiger partial charge >= 0.3 is 0 Å². The summed E-state index contributed by atoms with van der Waals surface area (Å²) in [5.74, 6) is -0.0275. The molecule has 120 valence electrons. The molecule has 0 aliphatic rings. The minimum Gasteiger partial charge on any atom is -0.508 e. The van der Waals surface area contributed by atoms with Gasteiger partial charge in [0.2, 0.25) is 0 Å². The molecule has 23 heavy (non-hydrogen) atoms. The molecule has 0 saturated carbocycles. The van der Waals surface area contributed by atoms with E-state index in [2.05, 4.69) is 15.8 Å². The first-order valence-corrected chi connectivity index (χ1v) is 7.42. The molecule has 2 aromatic rings. The van der Waals surface area contributed by atoms with Gasteiger partial charge in [-0.05, 0) is 61.7 Å². The summed E-state index contributed by atoms with van der Waals surface area (Å²) in [5, 5.41) is 16.4. The number of hydrogen-bond acceptors (Lipinski definition) is 4. The molecule has 5 heteroatoms. The fourth-order valence-corrected chi connectivity index (χ4v) is 2.15. The first-order valence-electron chi connectivity index (χ1n) is 7.42. The zero-order valence-electron chi connectivity index (χ0n) is 13.5. The van der Waals surface area contributed by atoms with Crippen molar-refractivity contribution in [2.24, 2.45) is 5.10 Å². The first kappa shape index (κ1) is 16.5. The van der Waals surface area contributed by atoms with Gasteiger partial charge in [0.25, 0.3) is 5.91 Å². The zero-order valence-corrected chi connectivity index (χ0v) is 13.5. The van der Waals surface area contributed by atoms with Crippen molar-refractivity contribution in [2.75, 3.05) is 5.32 Å². The summed E-state index contributed by atoms with van der Waals surface area (Å²) in [5.41, 5.74) is 6.46. The maximum absolute atomic E-state index is 12.1. The Morgan fingerprint density at radius 2 is 1.74 bits per heavy atom. The Hall–Kier alpha value is -2.82. The van der Waals surface area contributed by atoms with Gasteiger partial charge in [-0.2, -0.15) is 5.10 Å². The molecule has 2 rings (SSSR count). The SMILES string of the molecule is Cc1cccc(C)c1NC(C)C(=O)NN=Cc1ccc(O)cc1. The predicted octanol–water partition coefficient (Wildman–Crippen LogP) is 2.96. The van der Waals surface area contributed by atoms with Crippen molar-refractivity contribution < 1.29 is 9.90 Å². The van der Waals surface area contributed by atoms with E-state index in [0.29, 0.717) is 0 Å². The number of aryl methyl sites for hydroxylation is 2. The highest BCUT2D eigenvalue weighted by Crippen LogP contribution is 2.20. The number of carbonyl (C=O) groups excluding carboxylic acids is 1. The highest BCUT2D eigenvalue weighted by Gasteiger charge is 2.13. The molecular weight excluding hydrogens is 290 g/mol. The summed E-state index contributed by atoms with van der Waals surface area (Å²) >= 11 is 0. The molecule has 1 amide bonds. The van der Waals surface area contributed by atoms with Crippen LogP contribution in [0.2, 0.25) is 0 Å².